The van der Waals surface area contributed by atoms with E-state index in [1.54, 1.807) is 0 Å². The third kappa shape index (κ3) is 4.74. The lowest BCUT2D eigenvalue weighted by molar-refractivity contribution is 0.0930. The zero-order valence-corrected chi connectivity index (χ0v) is 16.8. The molecule has 1 atom stereocenters. The standard InChI is InChI=1S/C18H27ClN2O3S/c1-12(2)14(4)20-18(22)16-11-15(5-6-17(16)19)25(23,24)21-9-7-13(3)8-10-21/h5-6,11-14H,7-10H2,1-4H3,(H,20,22). The van der Waals surface area contributed by atoms with Gasteiger partial charge in [-0.05, 0) is 49.8 Å². The highest BCUT2D eigenvalue weighted by molar-refractivity contribution is 7.89. The van der Waals surface area contributed by atoms with Crippen molar-refractivity contribution in [1.29, 1.82) is 0 Å². The summed E-state index contributed by atoms with van der Waals surface area (Å²) in [5, 5.41) is 3.12. The molecule has 25 heavy (non-hydrogen) atoms. The van der Waals surface area contributed by atoms with Crippen LogP contribution < -0.4 is 5.32 Å². The summed E-state index contributed by atoms with van der Waals surface area (Å²) in [5.74, 6) is 0.455. The van der Waals surface area contributed by atoms with E-state index in [1.165, 1.54) is 22.5 Å². The van der Waals surface area contributed by atoms with Crippen LogP contribution in [-0.2, 0) is 10.0 Å². The molecular weight excluding hydrogens is 360 g/mol. The van der Waals surface area contributed by atoms with Crippen molar-refractivity contribution in [2.75, 3.05) is 13.1 Å². The number of carbonyl (C=O) groups excluding carboxylic acids is 1. The van der Waals surface area contributed by atoms with E-state index in [4.69, 9.17) is 11.6 Å². The van der Waals surface area contributed by atoms with E-state index in [-0.39, 0.29) is 33.3 Å². The quantitative estimate of drug-likeness (QED) is 0.841. The summed E-state index contributed by atoms with van der Waals surface area (Å²) in [6, 6.07) is 4.30. The Morgan fingerprint density at radius 2 is 1.84 bits per heavy atom. The second-order valence-electron chi connectivity index (χ2n) is 7.23. The topological polar surface area (TPSA) is 66.5 Å². The van der Waals surface area contributed by atoms with Gasteiger partial charge in [-0.1, -0.05) is 32.4 Å². The molecule has 1 unspecified atom stereocenters. The first-order valence-corrected chi connectivity index (χ1v) is 10.5. The number of benzene rings is 1. The summed E-state index contributed by atoms with van der Waals surface area (Å²) < 4.78 is 27.2. The van der Waals surface area contributed by atoms with Gasteiger partial charge in [0.15, 0.2) is 0 Å². The maximum absolute atomic E-state index is 12.9. The molecule has 0 spiro atoms. The van der Waals surface area contributed by atoms with Crippen molar-refractivity contribution >= 4 is 27.5 Å². The number of halogens is 1. The van der Waals surface area contributed by atoms with Crippen molar-refractivity contribution in [3.8, 4) is 0 Å². The average molecular weight is 387 g/mol. The van der Waals surface area contributed by atoms with Gasteiger partial charge in [-0.2, -0.15) is 4.31 Å². The van der Waals surface area contributed by atoms with Crippen LogP contribution in [0.5, 0.6) is 0 Å². The highest BCUT2D eigenvalue weighted by Gasteiger charge is 2.29. The first-order chi connectivity index (χ1) is 11.6. The smallest absolute Gasteiger partial charge is 0.253 e. The number of nitrogens with one attached hydrogen (secondary N) is 1. The van der Waals surface area contributed by atoms with Crippen molar-refractivity contribution in [1.82, 2.24) is 9.62 Å². The van der Waals surface area contributed by atoms with E-state index in [0.29, 0.717) is 19.0 Å². The third-order valence-corrected chi connectivity index (χ3v) is 7.15. The molecule has 5 nitrogen and oxygen atoms in total. The summed E-state index contributed by atoms with van der Waals surface area (Å²) in [6.07, 6.45) is 1.71. The van der Waals surface area contributed by atoms with Gasteiger partial charge in [-0.3, -0.25) is 4.79 Å². The fraction of sp³-hybridized carbons (Fsp3) is 0.611. The Morgan fingerprint density at radius 1 is 1.24 bits per heavy atom. The van der Waals surface area contributed by atoms with E-state index in [2.05, 4.69) is 12.2 Å². The maximum Gasteiger partial charge on any atom is 0.253 e. The van der Waals surface area contributed by atoms with Crippen LogP contribution in [0.3, 0.4) is 0 Å². The van der Waals surface area contributed by atoms with E-state index in [1.807, 2.05) is 20.8 Å². The lowest BCUT2D eigenvalue weighted by Gasteiger charge is -2.29. The van der Waals surface area contributed by atoms with Crippen LogP contribution in [0, 0.1) is 11.8 Å². The van der Waals surface area contributed by atoms with Crippen LogP contribution in [0.2, 0.25) is 5.02 Å². The lowest BCUT2D eigenvalue weighted by atomic mass is 10.0. The molecule has 7 heteroatoms. The average Bonchev–Trinajstić information content (AvgIpc) is 2.55. The molecule has 1 aromatic rings. The minimum Gasteiger partial charge on any atom is -0.349 e. The molecule has 1 amide bonds. The van der Waals surface area contributed by atoms with Crippen molar-refractivity contribution in [2.24, 2.45) is 11.8 Å². The van der Waals surface area contributed by atoms with Crippen molar-refractivity contribution < 1.29 is 13.2 Å². The van der Waals surface area contributed by atoms with Gasteiger partial charge in [0, 0.05) is 19.1 Å². The molecule has 140 valence electrons. The Balaban J connectivity index is 2.27. The summed E-state index contributed by atoms with van der Waals surface area (Å²) in [4.78, 5) is 12.6. The molecule has 1 aliphatic rings. The number of carbonyl (C=O) groups is 1. The Hall–Kier alpha value is -1.11. The lowest BCUT2D eigenvalue weighted by Crippen LogP contribution is -2.38. The largest absolute Gasteiger partial charge is 0.349 e. The molecule has 0 radical (unpaired) electrons. The predicted octanol–water partition coefficient (Wildman–Crippen LogP) is 3.53. The minimum absolute atomic E-state index is 0.0348. The highest BCUT2D eigenvalue weighted by atomic mass is 35.5. The summed E-state index contributed by atoms with van der Waals surface area (Å²) in [6.45, 7) is 9.07. The highest BCUT2D eigenvalue weighted by Crippen LogP contribution is 2.26. The van der Waals surface area contributed by atoms with Crippen molar-refractivity contribution in [3.05, 3.63) is 28.8 Å². The molecule has 1 aromatic carbocycles. The van der Waals surface area contributed by atoms with Gasteiger partial charge >= 0.3 is 0 Å². The van der Waals surface area contributed by atoms with Crippen LogP contribution in [0.15, 0.2) is 23.1 Å². The number of piperidine rings is 1. The number of sulfonamides is 1. The molecule has 1 fully saturated rings. The van der Waals surface area contributed by atoms with Gasteiger partial charge in [0.1, 0.15) is 0 Å². The molecular formula is C18H27ClN2O3S. The van der Waals surface area contributed by atoms with Gasteiger partial charge in [0.2, 0.25) is 10.0 Å². The number of rotatable bonds is 5. The van der Waals surface area contributed by atoms with Gasteiger partial charge in [0.25, 0.3) is 5.91 Å². The summed E-state index contributed by atoms with van der Waals surface area (Å²) in [7, 11) is -3.61. The van der Waals surface area contributed by atoms with Crippen LogP contribution in [0.1, 0.15) is 50.9 Å². The SMILES string of the molecule is CC1CCN(S(=O)(=O)c2ccc(Cl)c(C(=O)NC(C)C(C)C)c2)CC1. The second-order valence-corrected chi connectivity index (χ2v) is 9.58. The first-order valence-electron chi connectivity index (χ1n) is 8.73. The van der Waals surface area contributed by atoms with E-state index in [0.717, 1.165) is 12.8 Å². The number of hydrogen-bond donors (Lipinski definition) is 1. The molecule has 2 rings (SSSR count). The fourth-order valence-electron chi connectivity index (χ4n) is 2.66. The van der Waals surface area contributed by atoms with Crippen LogP contribution in [0.25, 0.3) is 0 Å². The number of amides is 1. The molecule has 1 heterocycles. The van der Waals surface area contributed by atoms with Crippen LogP contribution in [0.4, 0.5) is 0 Å². The summed E-state index contributed by atoms with van der Waals surface area (Å²) >= 11 is 6.14. The van der Waals surface area contributed by atoms with Gasteiger partial charge in [0.05, 0.1) is 15.5 Å². The molecule has 0 saturated carbocycles. The van der Waals surface area contributed by atoms with E-state index in [9.17, 15) is 13.2 Å². The minimum atomic E-state index is -3.61. The Morgan fingerprint density at radius 3 is 2.40 bits per heavy atom. The first kappa shape index (κ1) is 20.2. The van der Waals surface area contributed by atoms with Crippen LogP contribution in [-0.4, -0.2) is 37.8 Å². The van der Waals surface area contributed by atoms with Gasteiger partial charge < -0.3 is 5.32 Å². The summed E-state index contributed by atoms with van der Waals surface area (Å²) in [5.41, 5.74) is 0.195. The fourth-order valence-corrected chi connectivity index (χ4v) is 4.36. The third-order valence-electron chi connectivity index (χ3n) is 4.92. The van der Waals surface area contributed by atoms with Gasteiger partial charge in [-0.15, -0.1) is 0 Å². The van der Waals surface area contributed by atoms with E-state index < -0.39 is 10.0 Å². The molecule has 1 aliphatic heterocycles. The Bertz CT molecular complexity index is 726. The van der Waals surface area contributed by atoms with Crippen molar-refractivity contribution in [3.63, 3.8) is 0 Å². The van der Waals surface area contributed by atoms with Crippen molar-refractivity contribution in [2.45, 2.75) is 51.5 Å². The molecule has 0 aromatic heterocycles. The number of nitrogens with zero attached hydrogens (tertiary/aromatic N) is 1. The predicted molar refractivity (Wildman–Crippen MR) is 100 cm³/mol. The monoisotopic (exact) mass is 386 g/mol. The Labute approximate surface area is 155 Å². The Kier molecular flexibility index (Phi) is 6.51. The molecule has 1 N–H and O–H groups in total. The normalized spacial score (nSPS) is 18.3. The second kappa shape index (κ2) is 8.06. The zero-order valence-electron chi connectivity index (χ0n) is 15.3. The molecule has 0 aliphatic carbocycles. The molecule has 0 bridgehead atoms. The molecule has 1 saturated heterocycles. The maximum atomic E-state index is 12.9. The van der Waals surface area contributed by atoms with Crippen LogP contribution >= 0.6 is 11.6 Å². The zero-order chi connectivity index (χ0) is 18.8. The van der Waals surface area contributed by atoms with E-state index >= 15 is 0 Å². The number of hydrogen-bond acceptors (Lipinski definition) is 3. The van der Waals surface area contributed by atoms with Gasteiger partial charge in [-0.25, -0.2) is 8.42 Å².